The third-order valence-corrected chi connectivity index (χ3v) is 4.54. The Morgan fingerprint density at radius 2 is 1.90 bits per heavy atom. The minimum absolute atomic E-state index is 0.217. The number of anilines is 1. The van der Waals surface area contributed by atoms with Crippen molar-refractivity contribution in [2.45, 2.75) is 33.2 Å². The zero-order chi connectivity index (χ0) is 20.8. The number of hydrogen-bond donors (Lipinski definition) is 3. The average molecular weight is 393 g/mol. The van der Waals surface area contributed by atoms with Crippen LogP contribution in [-0.2, 0) is 16.0 Å². The van der Waals surface area contributed by atoms with E-state index in [-0.39, 0.29) is 11.8 Å². The quantitative estimate of drug-likeness (QED) is 0.556. The SMILES string of the molecule is Cc1cccc(NC(=O)[C@@H](Cc2c[nH]c3ccccc23)NC(=O)OCC(C)C)c1. The van der Waals surface area contributed by atoms with Crippen molar-refractivity contribution in [3.05, 3.63) is 65.9 Å². The second-order valence-corrected chi connectivity index (χ2v) is 7.61. The van der Waals surface area contributed by atoms with Crippen molar-refractivity contribution < 1.29 is 14.3 Å². The normalized spacial score (nSPS) is 12.0. The number of hydrogen-bond acceptors (Lipinski definition) is 3. The number of rotatable bonds is 7. The molecule has 0 aliphatic heterocycles. The number of nitrogens with one attached hydrogen (secondary N) is 3. The molecule has 0 aliphatic carbocycles. The molecule has 0 spiro atoms. The molecule has 0 unspecified atom stereocenters. The van der Waals surface area contributed by atoms with Crippen LogP contribution in [0.3, 0.4) is 0 Å². The Morgan fingerprint density at radius 3 is 2.66 bits per heavy atom. The van der Waals surface area contributed by atoms with E-state index in [0.717, 1.165) is 22.0 Å². The van der Waals surface area contributed by atoms with Gasteiger partial charge in [-0.25, -0.2) is 4.79 Å². The van der Waals surface area contributed by atoms with Crippen LogP contribution in [0.2, 0.25) is 0 Å². The highest BCUT2D eigenvalue weighted by atomic mass is 16.5. The summed E-state index contributed by atoms with van der Waals surface area (Å²) in [5.74, 6) is -0.0729. The topological polar surface area (TPSA) is 83.2 Å². The van der Waals surface area contributed by atoms with Gasteiger partial charge in [0.25, 0.3) is 0 Å². The molecule has 0 radical (unpaired) electrons. The number of ether oxygens (including phenoxy) is 1. The molecule has 3 N–H and O–H groups in total. The van der Waals surface area contributed by atoms with E-state index < -0.39 is 12.1 Å². The molecular formula is C23H27N3O3. The molecule has 2 aromatic carbocycles. The molecule has 3 aromatic rings. The van der Waals surface area contributed by atoms with Gasteiger partial charge in [0.1, 0.15) is 6.04 Å². The van der Waals surface area contributed by atoms with E-state index in [2.05, 4.69) is 15.6 Å². The number of aromatic nitrogens is 1. The molecule has 0 saturated heterocycles. The Morgan fingerprint density at radius 1 is 1.10 bits per heavy atom. The fourth-order valence-electron chi connectivity index (χ4n) is 3.11. The van der Waals surface area contributed by atoms with Crippen LogP contribution < -0.4 is 10.6 Å². The van der Waals surface area contributed by atoms with Gasteiger partial charge in [-0.15, -0.1) is 0 Å². The summed E-state index contributed by atoms with van der Waals surface area (Å²) in [4.78, 5) is 28.4. The van der Waals surface area contributed by atoms with Crippen LogP contribution in [-0.4, -0.2) is 29.6 Å². The third kappa shape index (κ3) is 5.60. The molecule has 1 aromatic heterocycles. The smallest absolute Gasteiger partial charge is 0.407 e. The van der Waals surface area contributed by atoms with E-state index in [9.17, 15) is 9.59 Å². The van der Waals surface area contributed by atoms with Gasteiger partial charge in [-0.05, 0) is 42.2 Å². The molecule has 1 atom stereocenters. The highest BCUT2D eigenvalue weighted by Crippen LogP contribution is 2.20. The number of carbonyl (C=O) groups is 2. The zero-order valence-corrected chi connectivity index (χ0v) is 17.0. The van der Waals surface area contributed by atoms with Crippen LogP contribution in [0.5, 0.6) is 0 Å². The van der Waals surface area contributed by atoms with Gasteiger partial charge in [0.2, 0.25) is 5.91 Å². The molecule has 0 fully saturated rings. The molecule has 3 rings (SSSR count). The van der Waals surface area contributed by atoms with Crippen molar-refractivity contribution in [2.24, 2.45) is 5.92 Å². The van der Waals surface area contributed by atoms with Crippen LogP contribution in [0.4, 0.5) is 10.5 Å². The van der Waals surface area contributed by atoms with E-state index in [4.69, 9.17) is 4.74 Å². The summed E-state index contributed by atoms with van der Waals surface area (Å²) in [6.45, 7) is 6.17. The molecule has 6 nitrogen and oxygen atoms in total. The fraction of sp³-hybridized carbons (Fsp3) is 0.304. The number of fused-ring (bicyclic) bond motifs is 1. The summed E-state index contributed by atoms with van der Waals surface area (Å²) in [5.41, 5.74) is 3.67. The zero-order valence-electron chi connectivity index (χ0n) is 17.0. The predicted octanol–water partition coefficient (Wildman–Crippen LogP) is 4.41. The van der Waals surface area contributed by atoms with Crippen molar-refractivity contribution >= 4 is 28.6 Å². The van der Waals surface area contributed by atoms with Crippen LogP contribution in [0, 0.1) is 12.8 Å². The lowest BCUT2D eigenvalue weighted by Crippen LogP contribution is -2.45. The maximum absolute atomic E-state index is 13.0. The Balaban J connectivity index is 1.78. The maximum atomic E-state index is 13.0. The highest BCUT2D eigenvalue weighted by Gasteiger charge is 2.23. The van der Waals surface area contributed by atoms with Crippen LogP contribution in [0.25, 0.3) is 10.9 Å². The third-order valence-electron chi connectivity index (χ3n) is 4.54. The van der Waals surface area contributed by atoms with E-state index >= 15 is 0 Å². The van der Waals surface area contributed by atoms with Gasteiger partial charge in [0.05, 0.1) is 6.61 Å². The highest BCUT2D eigenvalue weighted by molar-refractivity contribution is 5.97. The van der Waals surface area contributed by atoms with Gasteiger partial charge in [0.15, 0.2) is 0 Å². The lowest BCUT2D eigenvalue weighted by atomic mass is 10.0. The monoisotopic (exact) mass is 393 g/mol. The first-order valence-electron chi connectivity index (χ1n) is 9.78. The first-order valence-corrected chi connectivity index (χ1v) is 9.78. The largest absolute Gasteiger partial charge is 0.449 e. The van der Waals surface area contributed by atoms with Crippen molar-refractivity contribution in [1.82, 2.24) is 10.3 Å². The Kier molecular flexibility index (Phi) is 6.54. The van der Waals surface area contributed by atoms with Gasteiger partial charge >= 0.3 is 6.09 Å². The Hall–Kier alpha value is -3.28. The van der Waals surface area contributed by atoms with E-state index in [1.54, 1.807) is 0 Å². The van der Waals surface area contributed by atoms with Crippen LogP contribution >= 0.6 is 0 Å². The fourth-order valence-corrected chi connectivity index (χ4v) is 3.11. The average Bonchev–Trinajstić information content (AvgIpc) is 3.09. The molecule has 152 valence electrons. The van der Waals surface area contributed by atoms with Crippen molar-refractivity contribution in [2.75, 3.05) is 11.9 Å². The van der Waals surface area contributed by atoms with Gasteiger partial charge in [-0.3, -0.25) is 4.79 Å². The number of para-hydroxylation sites is 1. The number of alkyl carbamates (subject to hydrolysis) is 1. The minimum atomic E-state index is -0.769. The summed E-state index contributed by atoms with van der Waals surface area (Å²) >= 11 is 0. The Labute approximate surface area is 170 Å². The lowest BCUT2D eigenvalue weighted by Gasteiger charge is -2.19. The lowest BCUT2D eigenvalue weighted by molar-refractivity contribution is -0.118. The number of carbonyl (C=O) groups excluding carboxylic acids is 2. The molecular weight excluding hydrogens is 366 g/mol. The van der Waals surface area contributed by atoms with Crippen LogP contribution in [0.1, 0.15) is 25.0 Å². The second kappa shape index (κ2) is 9.28. The number of aromatic amines is 1. The maximum Gasteiger partial charge on any atom is 0.407 e. The first-order chi connectivity index (χ1) is 13.9. The molecule has 0 aliphatic rings. The van der Waals surface area contributed by atoms with E-state index in [0.29, 0.717) is 18.7 Å². The number of benzene rings is 2. The summed E-state index contributed by atoms with van der Waals surface area (Å²) in [6.07, 6.45) is 1.62. The standard InChI is InChI=1S/C23H27N3O3/c1-15(2)14-29-23(28)26-21(22(27)25-18-8-6-7-16(3)11-18)12-17-13-24-20-10-5-4-9-19(17)20/h4-11,13,15,21,24H,12,14H2,1-3H3,(H,25,27)(H,26,28)/t21-/m1/s1. The summed E-state index contributed by atoms with van der Waals surface area (Å²) in [7, 11) is 0. The molecule has 1 heterocycles. The number of H-pyrrole nitrogens is 1. The molecule has 6 heteroatoms. The minimum Gasteiger partial charge on any atom is -0.449 e. The second-order valence-electron chi connectivity index (χ2n) is 7.61. The van der Waals surface area contributed by atoms with Crippen molar-refractivity contribution in [3.63, 3.8) is 0 Å². The number of aryl methyl sites for hydroxylation is 1. The van der Waals surface area contributed by atoms with Crippen molar-refractivity contribution in [3.8, 4) is 0 Å². The first kappa shape index (κ1) is 20.5. The van der Waals surface area contributed by atoms with Crippen LogP contribution in [0.15, 0.2) is 54.7 Å². The van der Waals surface area contributed by atoms with Gasteiger partial charge in [-0.2, -0.15) is 0 Å². The molecule has 0 bridgehead atoms. The van der Waals surface area contributed by atoms with Gasteiger partial charge < -0.3 is 20.4 Å². The van der Waals surface area contributed by atoms with Gasteiger partial charge in [-0.1, -0.05) is 44.2 Å². The van der Waals surface area contributed by atoms with Crippen molar-refractivity contribution in [1.29, 1.82) is 0 Å². The van der Waals surface area contributed by atoms with E-state index in [1.165, 1.54) is 0 Å². The summed E-state index contributed by atoms with van der Waals surface area (Å²) in [6, 6.07) is 14.7. The van der Waals surface area contributed by atoms with E-state index in [1.807, 2.05) is 75.5 Å². The predicted molar refractivity (Wildman–Crippen MR) is 115 cm³/mol. The summed E-state index contributed by atoms with van der Waals surface area (Å²) in [5, 5.41) is 6.64. The Bertz CT molecular complexity index is 994. The van der Waals surface area contributed by atoms with Gasteiger partial charge in [0, 0.05) is 29.2 Å². The summed E-state index contributed by atoms with van der Waals surface area (Å²) < 4.78 is 5.22. The molecule has 0 saturated carbocycles. The molecule has 29 heavy (non-hydrogen) atoms. The number of amides is 2. The molecule has 2 amide bonds.